The van der Waals surface area contributed by atoms with Crippen LogP contribution in [-0.2, 0) is 0 Å². The largest absolute Gasteiger partial charge is 0.228 e. The maximum atomic E-state index is 6.47. The molecule has 0 unspecified atom stereocenters. The van der Waals surface area contributed by atoms with Crippen molar-refractivity contribution in [3.05, 3.63) is 108 Å². The van der Waals surface area contributed by atoms with Crippen molar-refractivity contribution >= 4 is 22.4 Å². The van der Waals surface area contributed by atoms with E-state index in [1.54, 1.807) is 0 Å². The van der Waals surface area contributed by atoms with Crippen LogP contribution >= 0.6 is 11.6 Å². The summed E-state index contributed by atoms with van der Waals surface area (Å²) in [6.07, 6.45) is 0. The van der Waals surface area contributed by atoms with Crippen molar-refractivity contribution in [3.63, 3.8) is 0 Å². The number of hydrogen-bond donors (Lipinski definition) is 0. The Labute approximate surface area is 174 Å². The molecule has 0 saturated heterocycles. The Kier molecular flexibility index (Phi) is 4.55. The highest BCUT2D eigenvalue weighted by Gasteiger charge is 2.12. The number of rotatable bonds is 3. The summed E-state index contributed by atoms with van der Waals surface area (Å²) in [7, 11) is 0. The van der Waals surface area contributed by atoms with Crippen LogP contribution in [0.4, 0.5) is 0 Å². The molecule has 1 heterocycles. The van der Waals surface area contributed by atoms with Gasteiger partial charge in [0, 0.05) is 21.7 Å². The maximum absolute atomic E-state index is 6.47. The van der Waals surface area contributed by atoms with E-state index in [4.69, 9.17) is 21.6 Å². The number of fused-ring (bicyclic) bond motifs is 1. The van der Waals surface area contributed by atoms with Gasteiger partial charge in [-0.3, -0.25) is 0 Å². The summed E-state index contributed by atoms with van der Waals surface area (Å²) >= 11 is 6.47. The minimum absolute atomic E-state index is 0.676. The van der Waals surface area contributed by atoms with E-state index in [1.165, 1.54) is 10.8 Å². The quantitative estimate of drug-likeness (QED) is 0.322. The summed E-state index contributed by atoms with van der Waals surface area (Å²) in [4.78, 5) is 9.71. The third kappa shape index (κ3) is 3.51. The molecule has 0 spiro atoms. The molecule has 0 atom stereocenters. The molecule has 5 rings (SSSR count). The molecule has 0 bridgehead atoms. The summed E-state index contributed by atoms with van der Waals surface area (Å²) in [5.74, 6) is 0.686. The lowest BCUT2D eigenvalue weighted by Gasteiger charge is -2.11. The monoisotopic (exact) mass is 392 g/mol. The van der Waals surface area contributed by atoms with Crippen LogP contribution in [0.5, 0.6) is 0 Å². The van der Waals surface area contributed by atoms with E-state index in [0.29, 0.717) is 10.8 Å². The molecule has 0 radical (unpaired) electrons. The SMILES string of the molecule is Clc1ccccc1-c1cc(-c2ccc3ccccc3c2)nc(-c2ccccc2)n1. The highest BCUT2D eigenvalue weighted by atomic mass is 35.5. The first kappa shape index (κ1) is 17.6. The van der Waals surface area contributed by atoms with Gasteiger partial charge >= 0.3 is 0 Å². The molecule has 1 aromatic heterocycles. The van der Waals surface area contributed by atoms with Crippen molar-refractivity contribution in [1.29, 1.82) is 0 Å². The molecule has 0 aliphatic carbocycles. The molecular formula is C26H17ClN2. The van der Waals surface area contributed by atoms with Crippen LogP contribution in [0.2, 0.25) is 5.02 Å². The zero-order chi connectivity index (χ0) is 19.6. The Hall–Kier alpha value is -3.49. The summed E-state index contributed by atoms with van der Waals surface area (Å²) in [6, 6.07) is 34.6. The predicted octanol–water partition coefficient (Wildman–Crippen LogP) is 7.28. The molecule has 0 fully saturated rings. The van der Waals surface area contributed by atoms with E-state index in [2.05, 4.69) is 42.5 Å². The van der Waals surface area contributed by atoms with E-state index in [1.807, 2.05) is 60.7 Å². The third-order valence-electron chi connectivity index (χ3n) is 4.95. The fraction of sp³-hybridized carbons (Fsp3) is 0. The van der Waals surface area contributed by atoms with Gasteiger partial charge in [0.05, 0.1) is 11.4 Å². The van der Waals surface area contributed by atoms with E-state index in [-0.39, 0.29) is 0 Å². The Morgan fingerprint density at radius 2 is 1.21 bits per heavy atom. The first-order valence-electron chi connectivity index (χ1n) is 9.46. The zero-order valence-corrected chi connectivity index (χ0v) is 16.3. The summed E-state index contributed by atoms with van der Waals surface area (Å²) < 4.78 is 0. The highest BCUT2D eigenvalue weighted by molar-refractivity contribution is 6.33. The van der Waals surface area contributed by atoms with E-state index < -0.39 is 0 Å². The second-order valence-corrected chi connectivity index (χ2v) is 7.28. The predicted molar refractivity (Wildman–Crippen MR) is 121 cm³/mol. The molecule has 4 aromatic carbocycles. The zero-order valence-electron chi connectivity index (χ0n) is 15.6. The lowest BCUT2D eigenvalue weighted by atomic mass is 10.0. The van der Waals surface area contributed by atoms with Gasteiger partial charge in [0.1, 0.15) is 0 Å². The molecule has 3 heteroatoms. The van der Waals surface area contributed by atoms with E-state index in [0.717, 1.165) is 28.1 Å². The highest BCUT2D eigenvalue weighted by Crippen LogP contribution is 2.32. The minimum Gasteiger partial charge on any atom is -0.228 e. The molecule has 0 aliphatic heterocycles. The van der Waals surface area contributed by atoms with Crippen LogP contribution in [-0.4, -0.2) is 9.97 Å². The fourth-order valence-corrected chi connectivity index (χ4v) is 3.70. The van der Waals surface area contributed by atoms with Crippen LogP contribution in [0.25, 0.3) is 44.7 Å². The lowest BCUT2D eigenvalue weighted by molar-refractivity contribution is 1.18. The second kappa shape index (κ2) is 7.50. The first-order chi connectivity index (χ1) is 14.3. The van der Waals surface area contributed by atoms with Gasteiger partial charge in [-0.05, 0) is 29.0 Å². The van der Waals surface area contributed by atoms with Crippen molar-refractivity contribution in [3.8, 4) is 33.9 Å². The van der Waals surface area contributed by atoms with Crippen molar-refractivity contribution in [1.82, 2.24) is 9.97 Å². The van der Waals surface area contributed by atoms with Crippen LogP contribution in [0, 0.1) is 0 Å². The van der Waals surface area contributed by atoms with Gasteiger partial charge < -0.3 is 0 Å². The number of benzene rings is 4. The van der Waals surface area contributed by atoms with Crippen molar-refractivity contribution < 1.29 is 0 Å². The van der Waals surface area contributed by atoms with Crippen molar-refractivity contribution in [2.45, 2.75) is 0 Å². The standard InChI is InChI=1S/C26H17ClN2/c27-23-13-7-6-12-22(23)25-17-24(28-26(29-25)19-9-2-1-3-10-19)21-15-14-18-8-4-5-11-20(18)16-21/h1-17H. The summed E-state index contributed by atoms with van der Waals surface area (Å²) in [5, 5.41) is 3.07. The van der Waals surface area contributed by atoms with Crippen LogP contribution in [0.1, 0.15) is 0 Å². The van der Waals surface area contributed by atoms with Gasteiger partial charge in [-0.1, -0.05) is 96.5 Å². The Bertz CT molecular complexity index is 1310. The van der Waals surface area contributed by atoms with Gasteiger partial charge in [0.25, 0.3) is 0 Å². The van der Waals surface area contributed by atoms with Crippen LogP contribution in [0.3, 0.4) is 0 Å². The lowest BCUT2D eigenvalue weighted by Crippen LogP contribution is -1.96. The van der Waals surface area contributed by atoms with E-state index >= 15 is 0 Å². The third-order valence-corrected chi connectivity index (χ3v) is 5.28. The van der Waals surface area contributed by atoms with Gasteiger partial charge in [-0.25, -0.2) is 9.97 Å². The topological polar surface area (TPSA) is 25.8 Å². The van der Waals surface area contributed by atoms with Gasteiger partial charge in [0.2, 0.25) is 0 Å². The Morgan fingerprint density at radius 1 is 0.517 bits per heavy atom. The van der Waals surface area contributed by atoms with Crippen molar-refractivity contribution in [2.24, 2.45) is 0 Å². The van der Waals surface area contributed by atoms with E-state index in [9.17, 15) is 0 Å². The molecule has 0 amide bonds. The number of aromatic nitrogens is 2. The average Bonchev–Trinajstić information content (AvgIpc) is 2.79. The fourth-order valence-electron chi connectivity index (χ4n) is 3.47. The molecule has 5 aromatic rings. The van der Waals surface area contributed by atoms with Gasteiger partial charge in [0.15, 0.2) is 5.82 Å². The molecule has 2 nitrogen and oxygen atoms in total. The molecule has 29 heavy (non-hydrogen) atoms. The summed E-state index contributed by atoms with van der Waals surface area (Å²) in [5.41, 5.74) is 4.61. The van der Waals surface area contributed by atoms with Crippen molar-refractivity contribution in [2.75, 3.05) is 0 Å². The number of halogens is 1. The second-order valence-electron chi connectivity index (χ2n) is 6.87. The Balaban J connectivity index is 1.73. The van der Waals surface area contributed by atoms with Crippen LogP contribution < -0.4 is 0 Å². The van der Waals surface area contributed by atoms with Crippen LogP contribution in [0.15, 0.2) is 103 Å². The smallest absolute Gasteiger partial charge is 0.160 e. The number of nitrogens with zero attached hydrogens (tertiary/aromatic N) is 2. The maximum Gasteiger partial charge on any atom is 0.160 e. The minimum atomic E-state index is 0.676. The van der Waals surface area contributed by atoms with Gasteiger partial charge in [-0.15, -0.1) is 0 Å². The molecule has 138 valence electrons. The summed E-state index contributed by atoms with van der Waals surface area (Å²) in [6.45, 7) is 0. The first-order valence-corrected chi connectivity index (χ1v) is 9.84. The molecule has 0 aliphatic rings. The Morgan fingerprint density at radius 3 is 2.03 bits per heavy atom. The normalized spacial score (nSPS) is 10.9. The molecular weight excluding hydrogens is 376 g/mol. The molecule has 0 N–H and O–H groups in total. The number of hydrogen-bond acceptors (Lipinski definition) is 2. The average molecular weight is 393 g/mol. The van der Waals surface area contributed by atoms with Gasteiger partial charge in [-0.2, -0.15) is 0 Å². The molecule has 0 saturated carbocycles.